The first kappa shape index (κ1) is 16.3. The highest BCUT2D eigenvalue weighted by atomic mass is 19.4. The van der Waals surface area contributed by atoms with E-state index >= 15 is 0 Å². The molecule has 0 spiro atoms. The van der Waals surface area contributed by atoms with Gasteiger partial charge in [0.1, 0.15) is 0 Å². The Kier molecular flexibility index (Phi) is 4.94. The third kappa shape index (κ3) is 4.20. The highest BCUT2D eigenvalue weighted by Crippen LogP contribution is 2.29. The summed E-state index contributed by atoms with van der Waals surface area (Å²) in [6.07, 6.45) is -3.98. The van der Waals surface area contributed by atoms with Crippen LogP contribution in [0.5, 0.6) is 0 Å². The Morgan fingerprint density at radius 1 is 1.29 bits per heavy atom. The van der Waals surface area contributed by atoms with Gasteiger partial charge in [-0.25, -0.2) is 0 Å². The second-order valence-corrected chi connectivity index (χ2v) is 5.98. The minimum Gasteiger partial charge on any atom is -0.305 e. The van der Waals surface area contributed by atoms with Crippen LogP contribution >= 0.6 is 0 Å². The lowest BCUT2D eigenvalue weighted by atomic mass is 9.87. The highest BCUT2D eigenvalue weighted by Gasteiger charge is 2.38. The van der Waals surface area contributed by atoms with E-state index in [0.29, 0.717) is 6.54 Å². The highest BCUT2D eigenvalue weighted by molar-refractivity contribution is 5.25. The van der Waals surface area contributed by atoms with Crippen molar-refractivity contribution in [2.24, 2.45) is 0 Å². The molecule has 1 aliphatic rings. The summed E-state index contributed by atoms with van der Waals surface area (Å²) in [6.45, 7) is 5.49. The molecule has 2 unspecified atom stereocenters. The number of rotatable bonds is 4. The maximum atomic E-state index is 12.5. The van der Waals surface area contributed by atoms with E-state index in [1.54, 1.807) is 0 Å². The van der Waals surface area contributed by atoms with Gasteiger partial charge in [-0.05, 0) is 18.9 Å². The van der Waals surface area contributed by atoms with Gasteiger partial charge >= 0.3 is 6.18 Å². The molecule has 1 N–H and O–H groups in total. The Morgan fingerprint density at radius 2 is 1.95 bits per heavy atom. The molecule has 2 rings (SSSR count). The molecule has 0 amide bonds. The Balaban J connectivity index is 2.11. The first-order valence-corrected chi connectivity index (χ1v) is 7.45. The summed E-state index contributed by atoms with van der Waals surface area (Å²) in [5.74, 6) is 0. The van der Waals surface area contributed by atoms with Gasteiger partial charge in [0.25, 0.3) is 0 Å². The quantitative estimate of drug-likeness (QED) is 0.915. The lowest BCUT2D eigenvalue weighted by molar-refractivity contribution is -0.140. The molecular weight excluding hydrogens is 277 g/mol. The molecule has 2 nitrogen and oxygen atoms in total. The SMILES string of the molecule is CCC1CNC(C)(c2ccccc2)CN1CCC(F)(F)F. The van der Waals surface area contributed by atoms with Crippen molar-refractivity contribution in [2.75, 3.05) is 19.6 Å². The average molecular weight is 300 g/mol. The number of hydrogen-bond acceptors (Lipinski definition) is 2. The largest absolute Gasteiger partial charge is 0.390 e. The molecule has 1 aliphatic heterocycles. The van der Waals surface area contributed by atoms with Crippen LogP contribution in [-0.4, -0.2) is 36.8 Å². The molecule has 1 fully saturated rings. The minimum atomic E-state index is -4.09. The van der Waals surface area contributed by atoms with Crippen molar-refractivity contribution < 1.29 is 13.2 Å². The normalized spacial score (nSPS) is 27.8. The molecule has 1 aromatic rings. The summed E-state index contributed by atoms with van der Waals surface area (Å²) < 4.78 is 37.5. The number of alkyl halides is 3. The lowest BCUT2D eigenvalue weighted by Crippen LogP contribution is -2.61. The van der Waals surface area contributed by atoms with Gasteiger partial charge in [-0.1, -0.05) is 37.3 Å². The van der Waals surface area contributed by atoms with Gasteiger partial charge in [-0.15, -0.1) is 0 Å². The van der Waals surface area contributed by atoms with Gasteiger partial charge in [-0.2, -0.15) is 13.2 Å². The van der Waals surface area contributed by atoms with E-state index in [0.717, 1.165) is 18.5 Å². The molecular formula is C16H23F3N2. The molecule has 0 radical (unpaired) electrons. The van der Waals surface area contributed by atoms with Gasteiger partial charge in [0.15, 0.2) is 0 Å². The van der Waals surface area contributed by atoms with Crippen LogP contribution in [0.4, 0.5) is 13.2 Å². The number of piperazine rings is 1. The molecule has 1 aromatic carbocycles. The zero-order valence-corrected chi connectivity index (χ0v) is 12.6. The van der Waals surface area contributed by atoms with Crippen LogP contribution in [0.3, 0.4) is 0 Å². The standard InChI is InChI=1S/C16H23F3N2/c1-3-14-11-20-15(2,13-7-5-4-6-8-13)12-21(14)10-9-16(17,18)19/h4-8,14,20H,3,9-12H2,1-2H3. The van der Waals surface area contributed by atoms with E-state index < -0.39 is 12.6 Å². The summed E-state index contributed by atoms with van der Waals surface area (Å²) in [4.78, 5) is 1.98. The Hall–Kier alpha value is -1.07. The van der Waals surface area contributed by atoms with Crippen molar-refractivity contribution in [1.29, 1.82) is 0 Å². The summed E-state index contributed by atoms with van der Waals surface area (Å²) in [7, 11) is 0. The van der Waals surface area contributed by atoms with Crippen LogP contribution in [0.15, 0.2) is 30.3 Å². The molecule has 0 aromatic heterocycles. The molecule has 1 heterocycles. The number of nitrogens with zero attached hydrogens (tertiary/aromatic N) is 1. The fraction of sp³-hybridized carbons (Fsp3) is 0.625. The van der Waals surface area contributed by atoms with Crippen LogP contribution in [0.25, 0.3) is 0 Å². The zero-order valence-electron chi connectivity index (χ0n) is 12.6. The van der Waals surface area contributed by atoms with Gasteiger partial charge < -0.3 is 5.32 Å². The molecule has 5 heteroatoms. The fourth-order valence-corrected chi connectivity index (χ4v) is 3.00. The van der Waals surface area contributed by atoms with Crippen molar-refractivity contribution in [3.05, 3.63) is 35.9 Å². The molecule has 2 atom stereocenters. The van der Waals surface area contributed by atoms with Crippen LogP contribution in [-0.2, 0) is 5.54 Å². The molecule has 0 aliphatic carbocycles. The Morgan fingerprint density at radius 3 is 2.52 bits per heavy atom. The Bertz CT molecular complexity index is 447. The van der Waals surface area contributed by atoms with Crippen LogP contribution in [0.2, 0.25) is 0 Å². The monoisotopic (exact) mass is 300 g/mol. The summed E-state index contributed by atoms with van der Waals surface area (Å²) in [5, 5.41) is 3.52. The third-order valence-electron chi connectivity index (χ3n) is 4.33. The molecule has 0 saturated carbocycles. The van der Waals surface area contributed by atoms with Crippen molar-refractivity contribution in [3.8, 4) is 0 Å². The van der Waals surface area contributed by atoms with E-state index in [1.165, 1.54) is 0 Å². The summed E-state index contributed by atoms with van der Waals surface area (Å²) in [5.41, 5.74) is 0.829. The summed E-state index contributed by atoms with van der Waals surface area (Å²) >= 11 is 0. The van der Waals surface area contributed by atoms with E-state index in [9.17, 15) is 13.2 Å². The van der Waals surface area contributed by atoms with E-state index in [-0.39, 0.29) is 18.1 Å². The minimum absolute atomic E-state index is 0.0755. The maximum absolute atomic E-state index is 12.5. The van der Waals surface area contributed by atoms with Gasteiger partial charge in [0, 0.05) is 25.7 Å². The fourth-order valence-electron chi connectivity index (χ4n) is 3.00. The smallest absolute Gasteiger partial charge is 0.305 e. The molecule has 1 saturated heterocycles. The predicted molar refractivity (Wildman–Crippen MR) is 78.1 cm³/mol. The zero-order chi connectivity index (χ0) is 15.5. The molecule has 21 heavy (non-hydrogen) atoms. The van der Waals surface area contributed by atoms with Crippen molar-refractivity contribution >= 4 is 0 Å². The molecule has 118 valence electrons. The van der Waals surface area contributed by atoms with Gasteiger partial charge in [-0.3, -0.25) is 4.90 Å². The summed E-state index contributed by atoms with van der Waals surface area (Å²) in [6, 6.07) is 10.1. The van der Waals surface area contributed by atoms with E-state index in [2.05, 4.69) is 12.2 Å². The van der Waals surface area contributed by atoms with Crippen LogP contribution < -0.4 is 5.32 Å². The maximum Gasteiger partial charge on any atom is 0.390 e. The number of halogens is 3. The van der Waals surface area contributed by atoms with Crippen molar-refractivity contribution in [2.45, 2.75) is 44.4 Å². The van der Waals surface area contributed by atoms with Crippen molar-refractivity contribution in [1.82, 2.24) is 10.2 Å². The average Bonchev–Trinajstić information content (AvgIpc) is 2.45. The number of benzene rings is 1. The van der Waals surface area contributed by atoms with Gasteiger partial charge in [0.2, 0.25) is 0 Å². The van der Waals surface area contributed by atoms with Gasteiger partial charge in [0.05, 0.1) is 12.0 Å². The predicted octanol–water partition coefficient (Wildman–Crippen LogP) is 3.54. The van der Waals surface area contributed by atoms with E-state index in [4.69, 9.17) is 0 Å². The first-order chi connectivity index (χ1) is 9.84. The number of hydrogen-bond donors (Lipinski definition) is 1. The van der Waals surface area contributed by atoms with E-state index in [1.807, 2.05) is 42.2 Å². The van der Waals surface area contributed by atoms with Crippen molar-refractivity contribution in [3.63, 3.8) is 0 Å². The van der Waals surface area contributed by atoms with Crippen LogP contribution in [0.1, 0.15) is 32.3 Å². The number of nitrogens with one attached hydrogen (secondary N) is 1. The third-order valence-corrected chi connectivity index (χ3v) is 4.33. The lowest BCUT2D eigenvalue weighted by Gasteiger charge is -2.46. The topological polar surface area (TPSA) is 15.3 Å². The second-order valence-electron chi connectivity index (χ2n) is 5.98. The molecule has 0 bridgehead atoms. The first-order valence-electron chi connectivity index (χ1n) is 7.45. The van der Waals surface area contributed by atoms with Crippen LogP contribution in [0, 0.1) is 0 Å². The Labute approximate surface area is 124 Å². The second kappa shape index (κ2) is 6.36.